The van der Waals surface area contributed by atoms with Crippen LogP contribution in [-0.4, -0.2) is 8.07 Å². The number of allylic oxidation sites excluding steroid dienone is 2. The first-order chi connectivity index (χ1) is 8.26. The van der Waals surface area contributed by atoms with E-state index in [0.29, 0.717) is 0 Å². The first-order valence-corrected chi connectivity index (χ1v) is 9.78. The Balaban J connectivity index is 2.44. The van der Waals surface area contributed by atoms with Crippen LogP contribution in [0.4, 0.5) is 0 Å². The second kappa shape index (κ2) is 7.49. The van der Waals surface area contributed by atoms with Gasteiger partial charge in [0.15, 0.2) is 0 Å². The highest BCUT2D eigenvalue weighted by molar-refractivity contribution is 6.80. The predicted octanol–water partition coefficient (Wildman–Crippen LogP) is 5.29. The van der Waals surface area contributed by atoms with Crippen molar-refractivity contribution in [1.29, 1.82) is 0 Å². The number of benzene rings is 1. The smallest absolute Gasteiger partial charge is 0.0565 e. The molecule has 0 saturated carbocycles. The summed E-state index contributed by atoms with van der Waals surface area (Å²) in [6.07, 6.45) is 5.89. The van der Waals surface area contributed by atoms with E-state index in [-0.39, 0.29) is 0 Å². The summed E-state index contributed by atoms with van der Waals surface area (Å²) in [4.78, 5) is 0. The number of hydrogen-bond acceptors (Lipinski definition) is 0. The van der Waals surface area contributed by atoms with Crippen LogP contribution >= 0.6 is 0 Å². The third-order valence-corrected chi connectivity index (χ3v) is 9.77. The molecule has 0 nitrogen and oxygen atoms in total. The summed E-state index contributed by atoms with van der Waals surface area (Å²) in [5.74, 6) is 0. The maximum Gasteiger partial charge on any atom is 0.0565 e. The molecule has 0 aromatic heterocycles. The molecule has 1 rings (SSSR count). The molecule has 0 heterocycles. The standard InChI is InChI=1S/C16H26Si/c1-4-17(5-2,6-3)15-11-10-14-16-12-8-7-9-13-16/h7-13H,4-6,14-15H2,1-3H3/b11-10+. The topological polar surface area (TPSA) is 0 Å². The van der Waals surface area contributed by atoms with Gasteiger partial charge in [-0.05, 0) is 18.0 Å². The fourth-order valence-electron chi connectivity index (χ4n) is 2.35. The summed E-state index contributed by atoms with van der Waals surface area (Å²) in [6.45, 7) is 7.14. The van der Waals surface area contributed by atoms with Crippen molar-refractivity contribution in [2.45, 2.75) is 51.4 Å². The summed E-state index contributed by atoms with van der Waals surface area (Å²) in [6, 6.07) is 16.4. The Labute approximate surface area is 108 Å². The third-order valence-electron chi connectivity index (χ3n) is 4.16. The lowest BCUT2D eigenvalue weighted by Crippen LogP contribution is -2.29. The fraction of sp³-hybridized carbons (Fsp3) is 0.500. The molecule has 1 aromatic rings. The van der Waals surface area contributed by atoms with E-state index < -0.39 is 8.07 Å². The number of hydrogen-bond donors (Lipinski definition) is 0. The molecule has 0 aliphatic carbocycles. The van der Waals surface area contributed by atoms with Crippen LogP contribution in [0, 0.1) is 0 Å². The quantitative estimate of drug-likeness (QED) is 0.453. The molecule has 1 heteroatoms. The molecular weight excluding hydrogens is 220 g/mol. The molecule has 0 N–H and O–H groups in total. The Morgan fingerprint density at radius 2 is 1.47 bits per heavy atom. The highest BCUT2D eigenvalue weighted by atomic mass is 28.3. The van der Waals surface area contributed by atoms with Crippen LogP contribution in [-0.2, 0) is 6.42 Å². The Kier molecular flexibility index (Phi) is 6.28. The molecule has 0 spiro atoms. The van der Waals surface area contributed by atoms with Gasteiger partial charge in [-0.2, -0.15) is 0 Å². The van der Waals surface area contributed by atoms with Crippen molar-refractivity contribution in [1.82, 2.24) is 0 Å². The van der Waals surface area contributed by atoms with Gasteiger partial charge in [0.25, 0.3) is 0 Å². The molecule has 0 radical (unpaired) electrons. The van der Waals surface area contributed by atoms with Gasteiger partial charge in [0, 0.05) is 0 Å². The SMILES string of the molecule is CC[Si](CC)(CC)C/C=C/Cc1ccccc1. The Morgan fingerprint density at radius 3 is 2.00 bits per heavy atom. The molecule has 0 unspecified atom stereocenters. The Hall–Kier alpha value is -0.823. The van der Waals surface area contributed by atoms with E-state index in [1.807, 2.05) is 0 Å². The van der Waals surface area contributed by atoms with Gasteiger partial charge in [0.1, 0.15) is 0 Å². The maximum atomic E-state index is 2.44. The largest absolute Gasteiger partial charge is 0.0908 e. The normalized spacial score (nSPS) is 12.2. The minimum atomic E-state index is -0.942. The van der Waals surface area contributed by atoms with Crippen molar-refractivity contribution >= 4 is 8.07 Å². The highest BCUT2D eigenvalue weighted by Crippen LogP contribution is 2.25. The van der Waals surface area contributed by atoms with Crippen LogP contribution in [0.3, 0.4) is 0 Å². The lowest BCUT2D eigenvalue weighted by Gasteiger charge is -2.26. The second-order valence-electron chi connectivity index (χ2n) is 4.93. The van der Waals surface area contributed by atoms with Crippen molar-refractivity contribution in [2.75, 3.05) is 0 Å². The zero-order valence-electron chi connectivity index (χ0n) is 11.6. The van der Waals surface area contributed by atoms with Gasteiger partial charge in [-0.15, -0.1) is 0 Å². The summed E-state index contributed by atoms with van der Waals surface area (Å²) in [5, 5.41) is 0. The lowest BCUT2D eigenvalue weighted by atomic mass is 10.1. The Bertz CT molecular complexity index is 314. The van der Waals surface area contributed by atoms with E-state index in [0.717, 1.165) is 6.42 Å². The van der Waals surface area contributed by atoms with Gasteiger partial charge < -0.3 is 0 Å². The number of rotatable bonds is 7. The molecule has 0 bridgehead atoms. The van der Waals surface area contributed by atoms with Crippen molar-refractivity contribution in [2.24, 2.45) is 0 Å². The van der Waals surface area contributed by atoms with Crippen molar-refractivity contribution in [3.8, 4) is 0 Å². The van der Waals surface area contributed by atoms with Gasteiger partial charge >= 0.3 is 0 Å². The maximum absolute atomic E-state index is 2.44. The van der Waals surface area contributed by atoms with Crippen LogP contribution in [0.2, 0.25) is 24.2 Å². The molecule has 0 fully saturated rings. The van der Waals surface area contributed by atoms with Gasteiger partial charge in [-0.1, -0.05) is 81.4 Å². The minimum Gasteiger partial charge on any atom is -0.0908 e. The van der Waals surface area contributed by atoms with E-state index in [1.165, 1.54) is 29.7 Å². The third kappa shape index (κ3) is 4.51. The molecule has 0 saturated heterocycles. The van der Waals surface area contributed by atoms with Crippen molar-refractivity contribution < 1.29 is 0 Å². The summed E-state index contributed by atoms with van der Waals surface area (Å²) in [5.41, 5.74) is 1.42. The van der Waals surface area contributed by atoms with Crippen LogP contribution < -0.4 is 0 Å². The molecule has 0 aliphatic heterocycles. The molecular formula is C16H26Si. The fourth-order valence-corrected chi connectivity index (χ4v) is 5.38. The molecule has 94 valence electrons. The van der Waals surface area contributed by atoms with Gasteiger partial charge in [-0.3, -0.25) is 0 Å². The van der Waals surface area contributed by atoms with Gasteiger partial charge in [0.05, 0.1) is 8.07 Å². The van der Waals surface area contributed by atoms with Crippen LogP contribution in [0.25, 0.3) is 0 Å². The Morgan fingerprint density at radius 1 is 0.882 bits per heavy atom. The monoisotopic (exact) mass is 246 g/mol. The van der Waals surface area contributed by atoms with Gasteiger partial charge in [0.2, 0.25) is 0 Å². The van der Waals surface area contributed by atoms with Crippen LogP contribution in [0.5, 0.6) is 0 Å². The average Bonchev–Trinajstić information content (AvgIpc) is 2.41. The minimum absolute atomic E-state index is 0.942. The molecule has 17 heavy (non-hydrogen) atoms. The van der Waals surface area contributed by atoms with E-state index in [1.54, 1.807) is 0 Å². The first kappa shape index (κ1) is 14.2. The summed E-state index contributed by atoms with van der Waals surface area (Å²) < 4.78 is 0. The average molecular weight is 246 g/mol. The zero-order chi connectivity index (χ0) is 12.6. The summed E-state index contributed by atoms with van der Waals surface area (Å²) in [7, 11) is -0.942. The molecule has 0 atom stereocenters. The van der Waals surface area contributed by atoms with E-state index in [9.17, 15) is 0 Å². The molecule has 0 aliphatic rings. The molecule has 1 aromatic carbocycles. The van der Waals surface area contributed by atoms with Crippen molar-refractivity contribution in [3.63, 3.8) is 0 Å². The van der Waals surface area contributed by atoms with Crippen molar-refractivity contribution in [3.05, 3.63) is 48.0 Å². The predicted molar refractivity (Wildman–Crippen MR) is 81.3 cm³/mol. The highest BCUT2D eigenvalue weighted by Gasteiger charge is 2.24. The lowest BCUT2D eigenvalue weighted by molar-refractivity contribution is 1.14. The zero-order valence-corrected chi connectivity index (χ0v) is 12.6. The van der Waals surface area contributed by atoms with E-state index >= 15 is 0 Å². The van der Waals surface area contributed by atoms with E-state index in [2.05, 4.69) is 63.3 Å². The van der Waals surface area contributed by atoms with Crippen LogP contribution in [0.15, 0.2) is 42.5 Å². The summed E-state index contributed by atoms with van der Waals surface area (Å²) >= 11 is 0. The van der Waals surface area contributed by atoms with E-state index in [4.69, 9.17) is 0 Å². The molecule has 0 amide bonds. The first-order valence-electron chi connectivity index (χ1n) is 6.95. The van der Waals surface area contributed by atoms with Crippen LogP contribution in [0.1, 0.15) is 26.3 Å². The van der Waals surface area contributed by atoms with Gasteiger partial charge in [-0.25, -0.2) is 0 Å². The second-order valence-corrected chi connectivity index (χ2v) is 10.5.